The third-order valence-corrected chi connectivity index (χ3v) is 8.88. The van der Waals surface area contributed by atoms with Crippen LogP contribution in [-0.2, 0) is 26.2 Å². The Kier molecular flexibility index (Phi) is 9.04. The molecule has 1 aliphatic heterocycles. The van der Waals surface area contributed by atoms with Crippen LogP contribution in [0.2, 0.25) is 5.02 Å². The van der Waals surface area contributed by atoms with E-state index in [1.807, 2.05) is 6.07 Å². The zero-order valence-corrected chi connectivity index (χ0v) is 23.3. The average Bonchev–Trinajstić information content (AvgIpc) is 3.42. The molecule has 1 heterocycles. The number of ether oxygens (including phenoxy) is 2. The molecule has 0 radical (unpaired) electrons. The van der Waals surface area contributed by atoms with Crippen molar-refractivity contribution in [2.75, 3.05) is 29.8 Å². The number of sulfonamides is 1. The van der Waals surface area contributed by atoms with Crippen LogP contribution in [0.1, 0.15) is 45.1 Å². The first-order valence-corrected chi connectivity index (χ1v) is 14.9. The van der Waals surface area contributed by atoms with Gasteiger partial charge < -0.3 is 19.7 Å². The molecule has 2 amide bonds. The molecule has 0 saturated heterocycles. The molecule has 11 heteroatoms. The summed E-state index contributed by atoms with van der Waals surface area (Å²) in [6.07, 6.45) is 3.94. The highest BCUT2D eigenvalue weighted by Crippen LogP contribution is 2.35. The van der Waals surface area contributed by atoms with Gasteiger partial charge in [-0.3, -0.25) is 13.9 Å². The van der Waals surface area contributed by atoms with Gasteiger partial charge in [0.25, 0.3) is 0 Å². The van der Waals surface area contributed by atoms with Crippen molar-refractivity contribution in [1.82, 2.24) is 10.2 Å². The number of rotatable bonds is 10. The predicted molar refractivity (Wildman–Crippen MR) is 146 cm³/mol. The zero-order chi connectivity index (χ0) is 27.3. The van der Waals surface area contributed by atoms with E-state index in [0.29, 0.717) is 29.7 Å². The second-order valence-electron chi connectivity index (χ2n) is 9.55. The van der Waals surface area contributed by atoms with Crippen molar-refractivity contribution in [3.8, 4) is 11.5 Å². The molecule has 1 atom stereocenters. The highest BCUT2D eigenvalue weighted by molar-refractivity contribution is 7.92. The van der Waals surface area contributed by atoms with Crippen molar-refractivity contribution in [3.05, 3.63) is 53.1 Å². The fourth-order valence-electron chi connectivity index (χ4n) is 4.71. The van der Waals surface area contributed by atoms with E-state index >= 15 is 0 Å². The molecule has 2 aromatic carbocycles. The Morgan fingerprint density at radius 1 is 1.08 bits per heavy atom. The monoisotopic (exact) mass is 563 g/mol. The summed E-state index contributed by atoms with van der Waals surface area (Å²) in [4.78, 5) is 28.4. The summed E-state index contributed by atoms with van der Waals surface area (Å²) in [5.41, 5.74) is 1.02. The lowest BCUT2D eigenvalue weighted by Crippen LogP contribution is -2.52. The van der Waals surface area contributed by atoms with Gasteiger partial charge in [-0.15, -0.1) is 0 Å². The zero-order valence-electron chi connectivity index (χ0n) is 21.7. The number of carbonyl (C=O) groups excluding carboxylic acids is 2. The van der Waals surface area contributed by atoms with Gasteiger partial charge in [0.15, 0.2) is 11.5 Å². The first-order chi connectivity index (χ1) is 18.2. The largest absolute Gasteiger partial charge is 0.486 e. The Bertz CT molecular complexity index is 1270. The minimum Gasteiger partial charge on any atom is -0.486 e. The maximum absolute atomic E-state index is 13.8. The fraction of sp³-hybridized carbons (Fsp3) is 0.481. The number of anilines is 1. The van der Waals surface area contributed by atoms with Gasteiger partial charge in [-0.05, 0) is 56.5 Å². The van der Waals surface area contributed by atoms with E-state index in [0.717, 1.165) is 35.6 Å². The number of nitrogens with one attached hydrogen (secondary N) is 1. The SMILES string of the molecule is CCS(=O)(=O)N(CC(=O)N(Cc1cccc(Cl)c1)[C@H](C)C(=O)NC1CCCC1)c1ccc2c(c1)OCCO2. The Labute approximate surface area is 229 Å². The number of carbonyl (C=O) groups is 2. The minimum absolute atomic E-state index is 0.0859. The van der Waals surface area contributed by atoms with Crippen molar-refractivity contribution in [3.63, 3.8) is 0 Å². The van der Waals surface area contributed by atoms with E-state index in [1.165, 1.54) is 11.8 Å². The van der Waals surface area contributed by atoms with E-state index in [4.69, 9.17) is 21.1 Å². The van der Waals surface area contributed by atoms with Gasteiger partial charge in [0.2, 0.25) is 21.8 Å². The number of nitrogens with zero attached hydrogens (tertiary/aromatic N) is 2. The Morgan fingerprint density at radius 2 is 1.79 bits per heavy atom. The van der Waals surface area contributed by atoms with E-state index < -0.39 is 28.5 Å². The molecule has 1 aliphatic carbocycles. The lowest BCUT2D eigenvalue weighted by Gasteiger charge is -2.32. The van der Waals surface area contributed by atoms with Crippen LogP contribution in [0.15, 0.2) is 42.5 Å². The summed E-state index contributed by atoms with van der Waals surface area (Å²) in [6, 6.07) is 11.1. The second kappa shape index (κ2) is 12.3. The van der Waals surface area contributed by atoms with E-state index in [1.54, 1.807) is 43.3 Å². The topological polar surface area (TPSA) is 105 Å². The maximum atomic E-state index is 13.8. The predicted octanol–water partition coefficient (Wildman–Crippen LogP) is 3.74. The third kappa shape index (κ3) is 6.71. The molecular formula is C27H34ClN3O6S. The third-order valence-electron chi connectivity index (χ3n) is 6.90. The van der Waals surface area contributed by atoms with Crippen LogP contribution in [-0.4, -0.2) is 62.7 Å². The van der Waals surface area contributed by atoms with Crippen LogP contribution in [0.25, 0.3) is 0 Å². The molecule has 0 unspecified atom stereocenters. The molecule has 1 N–H and O–H groups in total. The van der Waals surface area contributed by atoms with Gasteiger partial charge in [-0.25, -0.2) is 8.42 Å². The van der Waals surface area contributed by atoms with Crippen molar-refractivity contribution in [1.29, 1.82) is 0 Å². The van der Waals surface area contributed by atoms with Crippen LogP contribution in [0.4, 0.5) is 5.69 Å². The Hall–Kier alpha value is -2.98. The summed E-state index contributed by atoms with van der Waals surface area (Å²) in [6.45, 7) is 3.55. The van der Waals surface area contributed by atoms with Gasteiger partial charge in [0, 0.05) is 23.7 Å². The molecule has 0 aromatic heterocycles. The van der Waals surface area contributed by atoms with E-state index in [9.17, 15) is 18.0 Å². The van der Waals surface area contributed by atoms with Gasteiger partial charge in [0.05, 0.1) is 11.4 Å². The fourth-order valence-corrected chi connectivity index (χ4v) is 5.98. The summed E-state index contributed by atoms with van der Waals surface area (Å²) in [5, 5.41) is 3.55. The first kappa shape index (κ1) is 28.0. The minimum atomic E-state index is -3.84. The van der Waals surface area contributed by atoms with Gasteiger partial charge in [0.1, 0.15) is 25.8 Å². The van der Waals surface area contributed by atoms with E-state index in [2.05, 4.69) is 5.32 Å². The number of halogens is 1. The molecule has 9 nitrogen and oxygen atoms in total. The molecule has 1 fully saturated rings. The van der Waals surface area contributed by atoms with Gasteiger partial charge in [-0.1, -0.05) is 36.6 Å². The second-order valence-corrected chi connectivity index (χ2v) is 12.2. The summed E-state index contributed by atoms with van der Waals surface area (Å²) < 4.78 is 38.6. The van der Waals surface area contributed by atoms with Crippen LogP contribution in [0, 0.1) is 0 Å². The molecule has 206 valence electrons. The van der Waals surface area contributed by atoms with Crippen LogP contribution < -0.4 is 19.1 Å². The molecule has 0 bridgehead atoms. The standard InChI is InChI=1S/C27H34ClN3O6S/c1-3-38(34,35)31(23-11-12-24-25(16-23)37-14-13-36-24)18-26(32)30(17-20-7-6-8-21(28)15-20)19(2)27(33)29-22-9-4-5-10-22/h6-8,11-12,15-16,19,22H,3-5,9-10,13-14,17-18H2,1-2H3,(H,29,33)/t19-/m1/s1. The van der Waals surface area contributed by atoms with Crippen LogP contribution in [0.5, 0.6) is 11.5 Å². The van der Waals surface area contributed by atoms with Crippen molar-refractivity contribution in [2.45, 2.75) is 58.2 Å². The molecule has 0 spiro atoms. The van der Waals surface area contributed by atoms with Crippen molar-refractivity contribution >= 4 is 39.1 Å². The van der Waals surface area contributed by atoms with Gasteiger partial charge in [-0.2, -0.15) is 0 Å². The molecule has 1 saturated carbocycles. The molecule has 4 rings (SSSR count). The lowest BCUT2D eigenvalue weighted by molar-refractivity contribution is -0.139. The molecule has 2 aromatic rings. The smallest absolute Gasteiger partial charge is 0.244 e. The van der Waals surface area contributed by atoms with Crippen LogP contribution in [0.3, 0.4) is 0 Å². The van der Waals surface area contributed by atoms with Crippen molar-refractivity contribution < 1.29 is 27.5 Å². The van der Waals surface area contributed by atoms with Crippen molar-refractivity contribution in [2.24, 2.45) is 0 Å². The number of hydrogen-bond acceptors (Lipinski definition) is 6. The number of fused-ring (bicyclic) bond motifs is 1. The molecular weight excluding hydrogens is 530 g/mol. The Balaban J connectivity index is 1.62. The number of amides is 2. The lowest BCUT2D eigenvalue weighted by atomic mass is 10.1. The number of hydrogen-bond donors (Lipinski definition) is 1. The van der Waals surface area contributed by atoms with Gasteiger partial charge >= 0.3 is 0 Å². The number of benzene rings is 2. The summed E-state index contributed by atoms with van der Waals surface area (Å²) >= 11 is 6.17. The summed E-state index contributed by atoms with van der Waals surface area (Å²) in [7, 11) is -3.84. The highest BCUT2D eigenvalue weighted by atomic mass is 35.5. The normalized spacial score (nSPS) is 16.1. The quantitative estimate of drug-likeness (QED) is 0.472. The maximum Gasteiger partial charge on any atom is 0.244 e. The van der Waals surface area contributed by atoms with Crippen LogP contribution >= 0.6 is 11.6 Å². The Morgan fingerprint density at radius 3 is 2.47 bits per heavy atom. The highest BCUT2D eigenvalue weighted by Gasteiger charge is 2.32. The van der Waals surface area contributed by atoms with E-state index in [-0.39, 0.29) is 29.9 Å². The summed E-state index contributed by atoms with van der Waals surface area (Å²) in [5.74, 6) is -0.0548. The average molecular weight is 564 g/mol. The first-order valence-electron chi connectivity index (χ1n) is 12.9. The molecule has 2 aliphatic rings. The molecule has 38 heavy (non-hydrogen) atoms.